The van der Waals surface area contributed by atoms with Crippen molar-refractivity contribution in [2.45, 2.75) is 37.9 Å². The van der Waals surface area contributed by atoms with Gasteiger partial charge in [0, 0.05) is 18.2 Å². The number of rotatable bonds is 4. The van der Waals surface area contributed by atoms with Crippen LogP contribution in [0.25, 0.3) is 16.9 Å². The zero-order valence-electron chi connectivity index (χ0n) is 15.2. The van der Waals surface area contributed by atoms with Crippen LogP contribution in [0.3, 0.4) is 0 Å². The molecule has 8 heteroatoms. The number of fused-ring (bicyclic) bond motifs is 1. The fraction of sp³-hybridized carbons (Fsp3) is 0.400. The molecular weight excluding hydrogens is 369 g/mol. The van der Waals surface area contributed by atoms with Gasteiger partial charge in [-0.15, -0.1) is 5.10 Å². The minimum Gasteiger partial charge on any atom is -0.396 e. The molecule has 2 heterocycles. The Bertz CT molecular complexity index is 961. The van der Waals surface area contributed by atoms with Crippen LogP contribution in [0.4, 0.5) is 19.0 Å². The van der Waals surface area contributed by atoms with Gasteiger partial charge in [0.15, 0.2) is 5.65 Å². The molecule has 0 amide bonds. The molecule has 148 valence electrons. The third kappa shape index (κ3) is 3.82. The van der Waals surface area contributed by atoms with Gasteiger partial charge in [-0.05, 0) is 55.9 Å². The SMILES string of the molecule is OC[C@H]1CC[C@H](Nc2ccc3ncc(-c4cccc(C(F)(F)F)c4)n3n2)CC1. The quantitative estimate of drug-likeness (QED) is 0.694. The number of halogens is 3. The van der Waals surface area contributed by atoms with Crippen molar-refractivity contribution in [1.82, 2.24) is 14.6 Å². The second kappa shape index (κ2) is 7.43. The maximum Gasteiger partial charge on any atom is 0.416 e. The summed E-state index contributed by atoms with van der Waals surface area (Å²) in [4.78, 5) is 4.26. The van der Waals surface area contributed by atoms with E-state index in [-0.39, 0.29) is 12.6 Å². The van der Waals surface area contributed by atoms with Crippen molar-refractivity contribution in [3.05, 3.63) is 48.2 Å². The first-order valence-corrected chi connectivity index (χ1v) is 9.34. The lowest BCUT2D eigenvalue weighted by Gasteiger charge is -2.28. The Labute approximate surface area is 160 Å². The predicted octanol–water partition coefficient (Wildman–Crippen LogP) is 4.38. The number of hydrogen-bond acceptors (Lipinski definition) is 4. The highest BCUT2D eigenvalue weighted by atomic mass is 19.4. The molecule has 0 radical (unpaired) electrons. The summed E-state index contributed by atoms with van der Waals surface area (Å²) in [5.74, 6) is 1.03. The Morgan fingerprint density at radius 2 is 1.89 bits per heavy atom. The fourth-order valence-corrected chi connectivity index (χ4v) is 3.70. The normalized spacial score (nSPS) is 20.4. The first kappa shape index (κ1) is 18.7. The van der Waals surface area contributed by atoms with Crippen molar-refractivity contribution in [3.8, 4) is 11.3 Å². The Kier molecular flexibility index (Phi) is 4.97. The molecule has 1 saturated carbocycles. The number of aliphatic hydroxyl groups is 1. The average Bonchev–Trinajstić information content (AvgIpc) is 3.11. The average molecular weight is 390 g/mol. The first-order chi connectivity index (χ1) is 13.4. The van der Waals surface area contributed by atoms with Gasteiger partial charge in [0.05, 0.1) is 17.5 Å². The lowest BCUT2D eigenvalue weighted by atomic mass is 9.86. The zero-order valence-corrected chi connectivity index (χ0v) is 15.2. The Morgan fingerprint density at radius 1 is 1.11 bits per heavy atom. The van der Waals surface area contributed by atoms with Crippen molar-refractivity contribution in [2.75, 3.05) is 11.9 Å². The third-order valence-corrected chi connectivity index (χ3v) is 5.30. The van der Waals surface area contributed by atoms with Gasteiger partial charge in [0.1, 0.15) is 5.82 Å². The Balaban J connectivity index is 1.60. The minimum absolute atomic E-state index is 0.228. The van der Waals surface area contributed by atoms with Crippen molar-refractivity contribution < 1.29 is 18.3 Å². The smallest absolute Gasteiger partial charge is 0.396 e. The van der Waals surface area contributed by atoms with Gasteiger partial charge in [-0.1, -0.05) is 12.1 Å². The Hall–Kier alpha value is -2.61. The van der Waals surface area contributed by atoms with Crippen molar-refractivity contribution in [3.63, 3.8) is 0 Å². The molecule has 3 aromatic rings. The summed E-state index contributed by atoms with van der Waals surface area (Å²) in [5, 5.41) is 17.2. The predicted molar refractivity (Wildman–Crippen MR) is 99.9 cm³/mol. The summed E-state index contributed by atoms with van der Waals surface area (Å²) in [6.07, 6.45) is 0.983. The van der Waals surface area contributed by atoms with Gasteiger partial charge in [-0.3, -0.25) is 0 Å². The molecule has 1 aliphatic carbocycles. The fourth-order valence-electron chi connectivity index (χ4n) is 3.70. The van der Waals surface area contributed by atoms with Gasteiger partial charge in [-0.25, -0.2) is 9.50 Å². The largest absolute Gasteiger partial charge is 0.416 e. The monoisotopic (exact) mass is 390 g/mol. The van der Waals surface area contributed by atoms with Crippen LogP contribution in [0, 0.1) is 5.92 Å². The number of nitrogens with one attached hydrogen (secondary N) is 1. The van der Waals surface area contributed by atoms with Crippen molar-refractivity contribution >= 4 is 11.5 Å². The summed E-state index contributed by atoms with van der Waals surface area (Å²) in [7, 11) is 0. The standard InChI is InChI=1S/C20H21F3N4O/c21-20(22,23)15-3-1-2-14(10-15)17-11-24-19-9-8-18(26-27(17)19)25-16-6-4-13(12-28)5-7-16/h1-3,8-11,13,16,28H,4-7,12H2,(H,25,26)/t13-,16-. The van der Waals surface area contributed by atoms with Gasteiger partial charge < -0.3 is 10.4 Å². The molecule has 0 atom stereocenters. The maximum atomic E-state index is 13.0. The van der Waals surface area contributed by atoms with Crippen LogP contribution in [-0.2, 0) is 6.18 Å². The molecular formula is C20H21F3N4O. The molecule has 2 N–H and O–H groups in total. The van der Waals surface area contributed by atoms with Gasteiger partial charge in [0.2, 0.25) is 0 Å². The van der Waals surface area contributed by atoms with Crippen LogP contribution in [-0.4, -0.2) is 32.4 Å². The third-order valence-electron chi connectivity index (χ3n) is 5.30. The Morgan fingerprint density at radius 3 is 2.61 bits per heavy atom. The molecule has 5 nitrogen and oxygen atoms in total. The summed E-state index contributed by atoms with van der Waals surface area (Å²) >= 11 is 0. The van der Waals surface area contributed by atoms with E-state index < -0.39 is 11.7 Å². The number of anilines is 1. The highest BCUT2D eigenvalue weighted by Gasteiger charge is 2.30. The highest BCUT2D eigenvalue weighted by molar-refractivity contribution is 5.64. The lowest BCUT2D eigenvalue weighted by Crippen LogP contribution is -2.27. The molecule has 4 rings (SSSR count). The maximum absolute atomic E-state index is 13.0. The number of alkyl halides is 3. The molecule has 0 bridgehead atoms. The molecule has 0 unspecified atom stereocenters. The van der Waals surface area contributed by atoms with Crippen LogP contribution in [0.2, 0.25) is 0 Å². The van der Waals surface area contributed by atoms with E-state index in [1.54, 1.807) is 16.6 Å². The zero-order chi connectivity index (χ0) is 19.7. The van der Waals surface area contributed by atoms with Crippen molar-refractivity contribution in [1.29, 1.82) is 0 Å². The minimum atomic E-state index is -4.40. The van der Waals surface area contributed by atoms with E-state index in [9.17, 15) is 18.3 Å². The molecule has 28 heavy (non-hydrogen) atoms. The van der Waals surface area contributed by atoms with Crippen LogP contribution >= 0.6 is 0 Å². The van der Waals surface area contributed by atoms with Gasteiger partial charge in [-0.2, -0.15) is 13.2 Å². The van der Waals surface area contributed by atoms with Crippen molar-refractivity contribution in [2.24, 2.45) is 5.92 Å². The van der Waals surface area contributed by atoms with Crippen LogP contribution in [0.15, 0.2) is 42.6 Å². The molecule has 2 aromatic heterocycles. The number of benzene rings is 1. The van der Waals surface area contributed by atoms with Crippen LogP contribution in [0.5, 0.6) is 0 Å². The van der Waals surface area contributed by atoms with Crippen LogP contribution < -0.4 is 5.32 Å². The molecule has 1 aromatic carbocycles. The number of imidazole rings is 1. The molecule has 0 spiro atoms. The second-order valence-corrected chi connectivity index (χ2v) is 7.26. The number of hydrogen-bond donors (Lipinski definition) is 2. The van der Waals surface area contributed by atoms with Gasteiger partial charge in [0.25, 0.3) is 0 Å². The van der Waals surface area contributed by atoms with Crippen LogP contribution in [0.1, 0.15) is 31.2 Å². The number of aliphatic hydroxyl groups excluding tert-OH is 1. The second-order valence-electron chi connectivity index (χ2n) is 7.26. The molecule has 0 saturated heterocycles. The highest BCUT2D eigenvalue weighted by Crippen LogP contribution is 2.32. The summed E-state index contributed by atoms with van der Waals surface area (Å²) in [5.41, 5.74) is 0.793. The van der Waals surface area contributed by atoms with E-state index >= 15 is 0 Å². The molecule has 0 aliphatic heterocycles. The summed E-state index contributed by atoms with van der Waals surface area (Å²) in [6, 6.07) is 9.07. The number of nitrogens with zero attached hydrogens (tertiary/aromatic N) is 3. The van der Waals surface area contributed by atoms with E-state index in [0.29, 0.717) is 28.6 Å². The topological polar surface area (TPSA) is 62.5 Å². The molecule has 1 fully saturated rings. The van der Waals surface area contributed by atoms with E-state index in [1.807, 2.05) is 6.07 Å². The first-order valence-electron chi connectivity index (χ1n) is 9.34. The summed E-state index contributed by atoms with van der Waals surface area (Å²) < 4.78 is 40.7. The van der Waals surface area contributed by atoms with Gasteiger partial charge >= 0.3 is 6.18 Å². The molecule has 1 aliphatic rings. The lowest BCUT2D eigenvalue weighted by molar-refractivity contribution is -0.137. The van der Waals surface area contributed by atoms with E-state index in [1.165, 1.54) is 12.3 Å². The number of aromatic nitrogens is 3. The van der Waals surface area contributed by atoms with E-state index in [2.05, 4.69) is 15.4 Å². The van der Waals surface area contributed by atoms with E-state index in [0.717, 1.165) is 37.8 Å². The summed E-state index contributed by atoms with van der Waals surface area (Å²) in [6.45, 7) is 0.228. The van der Waals surface area contributed by atoms with E-state index in [4.69, 9.17) is 0 Å².